The van der Waals surface area contributed by atoms with Crippen LogP contribution in [-0.2, 0) is 11.2 Å². The first-order chi connectivity index (χ1) is 9.57. The third-order valence-corrected chi connectivity index (χ3v) is 4.55. The number of nitrogens with zero attached hydrogens (tertiary/aromatic N) is 1. The lowest BCUT2D eigenvalue weighted by Gasteiger charge is -2.41. The smallest absolute Gasteiger partial charge is 0.230 e. The fourth-order valence-corrected chi connectivity index (χ4v) is 3.56. The first-order valence-electron chi connectivity index (χ1n) is 7.68. The van der Waals surface area contributed by atoms with E-state index >= 15 is 0 Å². The van der Waals surface area contributed by atoms with Gasteiger partial charge < -0.3 is 10.2 Å². The average Bonchev–Trinajstić information content (AvgIpc) is 2.45. The van der Waals surface area contributed by atoms with Crippen molar-refractivity contribution in [2.24, 2.45) is 0 Å². The van der Waals surface area contributed by atoms with Crippen LogP contribution in [0.4, 0.5) is 0 Å². The molecule has 3 nitrogen and oxygen atoms in total. The Hall–Kier alpha value is -1.35. The van der Waals surface area contributed by atoms with E-state index in [1.165, 1.54) is 11.1 Å². The highest BCUT2D eigenvalue weighted by Gasteiger charge is 2.34. The monoisotopic (exact) mass is 272 g/mol. The third kappa shape index (κ3) is 2.59. The highest BCUT2D eigenvalue weighted by atomic mass is 16.2. The molecule has 1 saturated heterocycles. The van der Waals surface area contributed by atoms with E-state index in [4.69, 9.17) is 0 Å². The molecule has 1 atom stereocenters. The molecule has 3 heteroatoms. The van der Waals surface area contributed by atoms with Crippen LogP contribution in [0.15, 0.2) is 24.3 Å². The van der Waals surface area contributed by atoms with Gasteiger partial charge in [-0.05, 0) is 44.2 Å². The van der Waals surface area contributed by atoms with Gasteiger partial charge in [-0.1, -0.05) is 24.3 Å². The zero-order chi connectivity index (χ0) is 14.2. The summed E-state index contributed by atoms with van der Waals surface area (Å²) >= 11 is 0. The number of hydrogen-bond acceptors (Lipinski definition) is 2. The van der Waals surface area contributed by atoms with Gasteiger partial charge >= 0.3 is 0 Å². The van der Waals surface area contributed by atoms with Crippen molar-refractivity contribution in [3.8, 4) is 0 Å². The molecule has 1 aliphatic heterocycles. The number of nitrogens with one attached hydrogen (secondary N) is 1. The topological polar surface area (TPSA) is 32.3 Å². The van der Waals surface area contributed by atoms with E-state index in [2.05, 4.69) is 48.3 Å². The van der Waals surface area contributed by atoms with Crippen LogP contribution >= 0.6 is 0 Å². The quantitative estimate of drug-likeness (QED) is 0.851. The summed E-state index contributed by atoms with van der Waals surface area (Å²) in [5.41, 5.74) is 2.66. The van der Waals surface area contributed by atoms with Crippen molar-refractivity contribution in [2.45, 2.75) is 44.6 Å². The Morgan fingerprint density at radius 1 is 1.35 bits per heavy atom. The molecule has 1 fully saturated rings. The van der Waals surface area contributed by atoms with Gasteiger partial charge in [-0.3, -0.25) is 4.79 Å². The van der Waals surface area contributed by atoms with Crippen molar-refractivity contribution >= 4 is 5.91 Å². The van der Waals surface area contributed by atoms with Crippen molar-refractivity contribution in [1.29, 1.82) is 0 Å². The molecule has 1 N–H and O–H groups in total. The molecule has 0 spiro atoms. The number of piperazine rings is 1. The van der Waals surface area contributed by atoms with Crippen LogP contribution in [-0.4, -0.2) is 36.0 Å². The highest BCUT2D eigenvalue weighted by molar-refractivity contribution is 5.84. The van der Waals surface area contributed by atoms with Crippen LogP contribution in [0, 0.1) is 0 Å². The number of carbonyl (C=O) groups is 1. The van der Waals surface area contributed by atoms with Crippen molar-refractivity contribution in [3.63, 3.8) is 0 Å². The van der Waals surface area contributed by atoms with Gasteiger partial charge in [0, 0.05) is 25.2 Å². The van der Waals surface area contributed by atoms with Crippen LogP contribution in [0.25, 0.3) is 0 Å². The molecular weight excluding hydrogens is 248 g/mol. The number of aryl methyl sites for hydroxylation is 1. The largest absolute Gasteiger partial charge is 0.339 e. The first-order valence-corrected chi connectivity index (χ1v) is 7.68. The molecule has 1 amide bonds. The fourth-order valence-electron chi connectivity index (χ4n) is 3.56. The molecule has 1 aromatic rings. The summed E-state index contributed by atoms with van der Waals surface area (Å²) in [4.78, 5) is 15.0. The van der Waals surface area contributed by atoms with E-state index in [0.29, 0.717) is 5.91 Å². The Kier molecular flexibility index (Phi) is 3.55. The van der Waals surface area contributed by atoms with Gasteiger partial charge in [-0.25, -0.2) is 0 Å². The van der Waals surface area contributed by atoms with Crippen molar-refractivity contribution in [3.05, 3.63) is 35.4 Å². The molecule has 108 valence electrons. The number of fused-ring (bicyclic) bond motifs is 1. The highest BCUT2D eigenvalue weighted by Crippen LogP contribution is 2.33. The minimum atomic E-state index is 0.0299. The van der Waals surface area contributed by atoms with E-state index in [1.807, 2.05) is 0 Å². The SMILES string of the molecule is CC1(C)CN(C(=O)C2CCCc3ccccc32)CCN1. The fraction of sp³-hybridized carbons (Fsp3) is 0.588. The van der Waals surface area contributed by atoms with Gasteiger partial charge in [0.05, 0.1) is 5.92 Å². The predicted octanol–water partition coefficient (Wildman–Crippen LogP) is 2.32. The van der Waals surface area contributed by atoms with Crippen LogP contribution < -0.4 is 5.32 Å². The van der Waals surface area contributed by atoms with Crippen molar-refractivity contribution < 1.29 is 4.79 Å². The molecule has 0 radical (unpaired) electrons. The lowest BCUT2D eigenvalue weighted by molar-refractivity contribution is -0.135. The second-order valence-electron chi connectivity index (χ2n) is 6.71. The van der Waals surface area contributed by atoms with Gasteiger partial charge in [0.15, 0.2) is 0 Å². The second-order valence-corrected chi connectivity index (χ2v) is 6.71. The summed E-state index contributed by atoms with van der Waals surface area (Å²) in [6.07, 6.45) is 3.25. The Labute approximate surface area is 121 Å². The molecule has 1 unspecified atom stereocenters. The zero-order valence-electron chi connectivity index (χ0n) is 12.5. The van der Waals surface area contributed by atoms with Gasteiger partial charge in [0.1, 0.15) is 0 Å². The molecule has 0 aromatic heterocycles. The van der Waals surface area contributed by atoms with Gasteiger partial charge in [-0.2, -0.15) is 0 Å². The molecule has 0 bridgehead atoms. The maximum Gasteiger partial charge on any atom is 0.230 e. The molecular formula is C17H24N2O. The molecule has 1 aromatic carbocycles. The van der Waals surface area contributed by atoms with Crippen LogP contribution in [0.3, 0.4) is 0 Å². The normalized spacial score (nSPS) is 25.1. The predicted molar refractivity (Wildman–Crippen MR) is 80.8 cm³/mol. The van der Waals surface area contributed by atoms with E-state index < -0.39 is 0 Å². The van der Waals surface area contributed by atoms with E-state index in [1.54, 1.807) is 0 Å². The standard InChI is InChI=1S/C17H24N2O/c1-17(2)12-19(11-10-18-17)16(20)15-9-5-7-13-6-3-4-8-14(13)15/h3-4,6,8,15,18H,5,7,9-12H2,1-2H3. The summed E-state index contributed by atoms with van der Waals surface area (Å²) in [5, 5.41) is 3.47. The molecule has 1 aliphatic carbocycles. The summed E-state index contributed by atoms with van der Waals surface area (Å²) in [6, 6.07) is 8.46. The zero-order valence-corrected chi connectivity index (χ0v) is 12.5. The summed E-state index contributed by atoms with van der Waals surface area (Å²) in [5.74, 6) is 0.403. The number of amides is 1. The minimum absolute atomic E-state index is 0.0299. The van der Waals surface area contributed by atoms with E-state index in [9.17, 15) is 4.79 Å². The van der Waals surface area contributed by atoms with Crippen LogP contribution in [0.1, 0.15) is 43.7 Å². The summed E-state index contributed by atoms with van der Waals surface area (Å²) in [7, 11) is 0. The van der Waals surface area contributed by atoms with Gasteiger partial charge in [0.2, 0.25) is 5.91 Å². The van der Waals surface area contributed by atoms with Crippen LogP contribution in [0.2, 0.25) is 0 Å². The minimum Gasteiger partial charge on any atom is -0.339 e. The van der Waals surface area contributed by atoms with Gasteiger partial charge in [-0.15, -0.1) is 0 Å². The number of rotatable bonds is 1. The van der Waals surface area contributed by atoms with Crippen molar-refractivity contribution in [2.75, 3.05) is 19.6 Å². The Balaban J connectivity index is 1.81. The number of benzene rings is 1. The average molecular weight is 272 g/mol. The molecule has 1 heterocycles. The maximum absolute atomic E-state index is 12.9. The Morgan fingerprint density at radius 2 is 2.15 bits per heavy atom. The lowest BCUT2D eigenvalue weighted by atomic mass is 9.81. The Morgan fingerprint density at radius 3 is 2.95 bits per heavy atom. The van der Waals surface area contributed by atoms with Gasteiger partial charge in [0.25, 0.3) is 0 Å². The first kappa shape index (κ1) is 13.6. The molecule has 3 rings (SSSR count). The lowest BCUT2D eigenvalue weighted by Crippen LogP contribution is -2.59. The summed E-state index contributed by atoms with van der Waals surface area (Å²) < 4.78 is 0. The summed E-state index contributed by atoms with van der Waals surface area (Å²) in [6.45, 7) is 6.88. The Bertz CT molecular complexity index is 509. The third-order valence-electron chi connectivity index (χ3n) is 4.55. The molecule has 20 heavy (non-hydrogen) atoms. The van der Waals surface area contributed by atoms with Crippen molar-refractivity contribution in [1.82, 2.24) is 10.2 Å². The molecule has 2 aliphatic rings. The molecule has 0 saturated carbocycles. The second kappa shape index (κ2) is 5.21. The van der Waals surface area contributed by atoms with E-state index in [0.717, 1.165) is 38.9 Å². The number of hydrogen-bond donors (Lipinski definition) is 1. The maximum atomic E-state index is 12.9. The van der Waals surface area contributed by atoms with E-state index in [-0.39, 0.29) is 11.5 Å². The number of carbonyl (C=O) groups excluding carboxylic acids is 1. The van der Waals surface area contributed by atoms with Crippen LogP contribution in [0.5, 0.6) is 0 Å².